The van der Waals surface area contributed by atoms with E-state index in [1.807, 2.05) is 16.8 Å². The number of hydrogen-bond acceptors (Lipinski definition) is 4. The summed E-state index contributed by atoms with van der Waals surface area (Å²) in [5, 5.41) is 6.48. The van der Waals surface area contributed by atoms with Crippen LogP contribution in [0.5, 0.6) is 0 Å². The fraction of sp³-hybridized carbons (Fsp3) is 0.600. The van der Waals surface area contributed by atoms with Crippen LogP contribution >= 0.6 is 11.3 Å². The van der Waals surface area contributed by atoms with Gasteiger partial charge < -0.3 is 5.32 Å². The predicted octanol–water partition coefficient (Wildman–Crippen LogP) is 0.818. The van der Waals surface area contributed by atoms with E-state index in [1.165, 1.54) is 5.56 Å². The van der Waals surface area contributed by atoms with Gasteiger partial charge in [0.05, 0.1) is 5.25 Å². The maximum atomic E-state index is 11.7. The molecule has 0 aliphatic rings. The molecule has 0 bridgehead atoms. The molecule has 92 valence electrons. The Morgan fingerprint density at radius 3 is 2.81 bits per heavy atom. The Morgan fingerprint density at radius 1 is 1.50 bits per heavy atom. The fourth-order valence-electron chi connectivity index (χ4n) is 1.31. The average Bonchev–Trinajstić information content (AvgIpc) is 2.70. The molecular weight excluding hydrogens is 244 g/mol. The molecule has 6 heteroatoms. The van der Waals surface area contributed by atoms with Gasteiger partial charge in [0.25, 0.3) is 0 Å². The topological polar surface area (TPSA) is 58.2 Å². The predicted molar refractivity (Wildman–Crippen MR) is 68.3 cm³/mol. The van der Waals surface area contributed by atoms with Gasteiger partial charge >= 0.3 is 0 Å². The molecule has 0 aliphatic heterocycles. The van der Waals surface area contributed by atoms with Gasteiger partial charge in [-0.1, -0.05) is 0 Å². The highest BCUT2D eigenvalue weighted by molar-refractivity contribution is 7.90. The van der Waals surface area contributed by atoms with E-state index in [2.05, 4.69) is 10.0 Å². The van der Waals surface area contributed by atoms with Crippen molar-refractivity contribution in [3.63, 3.8) is 0 Å². The average molecular weight is 262 g/mol. The van der Waals surface area contributed by atoms with E-state index in [0.717, 1.165) is 6.42 Å². The van der Waals surface area contributed by atoms with Crippen molar-refractivity contribution in [2.24, 2.45) is 0 Å². The van der Waals surface area contributed by atoms with E-state index in [-0.39, 0.29) is 0 Å². The highest BCUT2D eigenvalue weighted by atomic mass is 32.2. The summed E-state index contributed by atoms with van der Waals surface area (Å²) in [6.07, 6.45) is 0.745. The maximum absolute atomic E-state index is 11.7. The van der Waals surface area contributed by atoms with Crippen molar-refractivity contribution < 1.29 is 8.42 Å². The first-order valence-electron chi connectivity index (χ1n) is 5.20. The summed E-state index contributed by atoms with van der Waals surface area (Å²) in [4.78, 5) is 0. The minimum atomic E-state index is -3.18. The lowest BCUT2D eigenvalue weighted by Gasteiger charge is -2.12. The lowest BCUT2D eigenvalue weighted by atomic mass is 10.2. The van der Waals surface area contributed by atoms with E-state index in [4.69, 9.17) is 0 Å². The Hall–Kier alpha value is -0.430. The first-order chi connectivity index (χ1) is 7.56. The summed E-state index contributed by atoms with van der Waals surface area (Å²) in [6, 6.07) is 2.01. The van der Waals surface area contributed by atoms with E-state index in [0.29, 0.717) is 13.1 Å². The largest absolute Gasteiger partial charge is 0.318 e. The third-order valence-electron chi connectivity index (χ3n) is 2.32. The van der Waals surface area contributed by atoms with Crippen LogP contribution in [0.25, 0.3) is 0 Å². The number of nitrogens with one attached hydrogen (secondary N) is 2. The van der Waals surface area contributed by atoms with Crippen LogP contribution in [-0.4, -0.2) is 33.8 Å². The quantitative estimate of drug-likeness (QED) is 0.765. The highest BCUT2D eigenvalue weighted by Gasteiger charge is 2.18. The van der Waals surface area contributed by atoms with Crippen molar-refractivity contribution in [2.45, 2.75) is 18.6 Å². The van der Waals surface area contributed by atoms with Crippen LogP contribution in [0.4, 0.5) is 0 Å². The van der Waals surface area contributed by atoms with Gasteiger partial charge in [0.2, 0.25) is 10.0 Å². The lowest BCUT2D eigenvalue weighted by Crippen LogP contribution is -2.38. The molecular formula is C10H18N2O2S2. The van der Waals surface area contributed by atoms with Crippen molar-refractivity contribution in [3.8, 4) is 0 Å². The second-order valence-electron chi connectivity index (χ2n) is 3.69. The number of hydrogen-bond donors (Lipinski definition) is 2. The van der Waals surface area contributed by atoms with Gasteiger partial charge in [0, 0.05) is 13.1 Å². The molecule has 16 heavy (non-hydrogen) atoms. The van der Waals surface area contributed by atoms with Crippen molar-refractivity contribution in [3.05, 3.63) is 22.4 Å². The van der Waals surface area contributed by atoms with Crippen LogP contribution in [0, 0.1) is 0 Å². The summed E-state index contributed by atoms with van der Waals surface area (Å²) in [5.74, 6) is 0. The lowest BCUT2D eigenvalue weighted by molar-refractivity contribution is 0.564. The molecule has 4 nitrogen and oxygen atoms in total. The van der Waals surface area contributed by atoms with Crippen LogP contribution < -0.4 is 10.0 Å². The molecule has 0 radical (unpaired) electrons. The summed E-state index contributed by atoms with van der Waals surface area (Å²) in [7, 11) is -1.44. The Bertz CT molecular complexity index is 387. The van der Waals surface area contributed by atoms with Gasteiger partial charge in [0.15, 0.2) is 0 Å². The smallest absolute Gasteiger partial charge is 0.215 e. The summed E-state index contributed by atoms with van der Waals surface area (Å²) >= 11 is 1.62. The normalized spacial score (nSPS) is 13.9. The Balaban J connectivity index is 2.36. The van der Waals surface area contributed by atoms with E-state index in [9.17, 15) is 8.42 Å². The SMILES string of the molecule is CNCC(C)S(=O)(=O)NCCc1ccsc1. The van der Waals surface area contributed by atoms with Crippen molar-refractivity contribution in [1.82, 2.24) is 10.0 Å². The third kappa shape index (κ3) is 4.21. The van der Waals surface area contributed by atoms with E-state index >= 15 is 0 Å². The molecule has 1 unspecified atom stereocenters. The summed E-state index contributed by atoms with van der Waals surface area (Å²) < 4.78 is 26.0. The number of thiophene rings is 1. The zero-order valence-corrected chi connectivity index (χ0v) is 11.2. The summed E-state index contributed by atoms with van der Waals surface area (Å²) in [5.41, 5.74) is 1.17. The van der Waals surface area contributed by atoms with E-state index in [1.54, 1.807) is 25.3 Å². The van der Waals surface area contributed by atoms with Crippen LogP contribution in [0.2, 0.25) is 0 Å². The molecule has 0 spiro atoms. The van der Waals surface area contributed by atoms with Crippen LogP contribution in [0.15, 0.2) is 16.8 Å². The van der Waals surface area contributed by atoms with Gasteiger partial charge in [0.1, 0.15) is 0 Å². The molecule has 1 heterocycles. The Morgan fingerprint density at radius 2 is 2.25 bits per heavy atom. The minimum absolute atomic E-state index is 0.403. The first-order valence-corrected chi connectivity index (χ1v) is 7.69. The Kier molecular flexibility index (Phi) is 5.40. The monoisotopic (exact) mass is 262 g/mol. The molecule has 1 rings (SSSR count). The van der Waals surface area contributed by atoms with Crippen LogP contribution in [0.3, 0.4) is 0 Å². The Labute approximate surface area is 101 Å². The van der Waals surface area contributed by atoms with Gasteiger partial charge in [-0.3, -0.25) is 0 Å². The van der Waals surface area contributed by atoms with Gasteiger partial charge in [-0.15, -0.1) is 0 Å². The van der Waals surface area contributed by atoms with Gasteiger partial charge in [-0.25, -0.2) is 13.1 Å². The molecule has 0 amide bonds. The molecule has 1 aromatic heterocycles. The molecule has 0 saturated carbocycles. The van der Waals surface area contributed by atoms with Crippen molar-refractivity contribution >= 4 is 21.4 Å². The first kappa shape index (κ1) is 13.6. The van der Waals surface area contributed by atoms with Crippen LogP contribution in [-0.2, 0) is 16.4 Å². The molecule has 2 N–H and O–H groups in total. The third-order valence-corrected chi connectivity index (χ3v) is 4.88. The van der Waals surface area contributed by atoms with Crippen molar-refractivity contribution in [1.29, 1.82) is 0 Å². The molecule has 1 aromatic rings. The number of rotatable bonds is 7. The second kappa shape index (κ2) is 6.34. The molecule has 0 saturated heterocycles. The molecule has 1 atom stereocenters. The van der Waals surface area contributed by atoms with Crippen molar-refractivity contribution in [2.75, 3.05) is 20.1 Å². The van der Waals surface area contributed by atoms with Gasteiger partial charge in [-0.2, -0.15) is 11.3 Å². The zero-order valence-electron chi connectivity index (χ0n) is 9.56. The van der Waals surface area contributed by atoms with Gasteiger partial charge in [-0.05, 0) is 42.8 Å². The molecule has 0 aliphatic carbocycles. The number of sulfonamides is 1. The van der Waals surface area contributed by atoms with E-state index < -0.39 is 15.3 Å². The second-order valence-corrected chi connectivity index (χ2v) is 6.65. The maximum Gasteiger partial charge on any atom is 0.215 e. The molecule has 0 fully saturated rings. The standard InChI is InChI=1S/C10H18N2O2S2/c1-9(7-11-2)16(13,14)12-5-3-10-4-6-15-8-10/h4,6,8-9,11-12H,3,5,7H2,1-2H3. The summed E-state index contributed by atoms with van der Waals surface area (Å²) in [6.45, 7) is 2.63. The zero-order chi connectivity index (χ0) is 12.0. The van der Waals surface area contributed by atoms with Crippen LogP contribution in [0.1, 0.15) is 12.5 Å². The molecule has 0 aromatic carbocycles. The fourth-order valence-corrected chi connectivity index (χ4v) is 3.07. The minimum Gasteiger partial charge on any atom is -0.318 e. The highest BCUT2D eigenvalue weighted by Crippen LogP contribution is 2.06.